The van der Waals surface area contributed by atoms with Gasteiger partial charge in [-0.3, -0.25) is 19.2 Å². The fourth-order valence-corrected chi connectivity index (χ4v) is 5.51. The van der Waals surface area contributed by atoms with Crippen molar-refractivity contribution >= 4 is 46.0 Å². The van der Waals surface area contributed by atoms with E-state index in [1.165, 1.54) is 9.80 Å². The van der Waals surface area contributed by atoms with Crippen LogP contribution in [0.5, 0.6) is 0 Å². The maximum absolute atomic E-state index is 14.3. The van der Waals surface area contributed by atoms with Crippen molar-refractivity contribution < 1.29 is 19.2 Å². The minimum absolute atomic E-state index is 0.0850. The molecule has 0 bridgehead atoms. The van der Waals surface area contributed by atoms with Crippen LogP contribution in [-0.4, -0.2) is 65.1 Å². The Labute approximate surface area is 238 Å². The van der Waals surface area contributed by atoms with Crippen molar-refractivity contribution in [3.8, 4) is 0 Å². The van der Waals surface area contributed by atoms with Gasteiger partial charge in [-0.1, -0.05) is 66.2 Å². The van der Waals surface area contributed by atoms with Crippen LogP contribution in [0.3, 0.4) is 0 Å². The topological polar surface area (TPSA) is 139 Å². The molecular formula is C30H34ClN5O4. The minimum atomic E-state index is -1.07. The third-order valence-electron chi connectivity index (χ3n) is 7.32. The molecule has 1 saturated heterocycles. The van der Waals surface area contributed by atoms with Crippen molar-refractivity contribution in [2.24, 2.45) is 11.5 Å². The Bertz CT molecular complexity index is 1410. The second-order valence-corrected chi connectivity index (χ2v) is 10.4. The number of nitrogens with zero attached hydrogens (tertiary/aromatic N) is 2. The van der Waals surface area contributed by atoms with Crippen molar-refractivity contribution in [3.05, 3.63) is 82.9 Å². The van der Waals surface area contributed by atoms with E-state index >= 15 is 0 Å². The van der Waals surface area contributed by atoms with Crippen LogP contribution in [-0.2, 0) is 25.6 Å². The zero-order chi connectivity index (χ0) is 28.8. The van der Waals surface area contributed by atoms with Gasteiger partial charge >= 0.3 is 0 Å². The molecule has 1 fully saturated rings. The van der Waals surface area contributed by atoms with Gasteiger partial charge in [0.25, 0.3) is 5.91 Å². The van der Waals surface area contributed by atoms with E-state index in [2.05, 4.69) is 5.32 Å². The molecule has 0 aliphatic carbocycles. The number of nitrogens with one attached hydrogen (secondary N) is 1. The molecule has 4 amide bonds. The molecule has 0 radical (unpaired) electrons. The van der Waals surface area contributed by atoms with Crippen molar-refractivity contribution in [1.29, 1.82) is 0 Å². The third kappa shape index (κ3) is 6.43. The second-order valence-electron chi connectivity index (χ2n) is 10.0. The Balaban J connectivity index is 1.72. The molecule has 1 aliphatic heterocycles. The Morgan fingerprint density at radius 3 is 2.52 bits per heavy atom. The summed E-state index contributed by atoms with van der Waals surface area (Å²) in [5.74, 6) is -1.85. The zero-order valence-electron chi connectivity index (χ0n) is 22.4. The Morgan fingerprint density at radius 1 is 1.07 bits per heavy atom. The second kappa shape index (κ2) is 12.9. The van der Waals surface area contributed by atoms with Gasteiger partial charge in [-0.15, -0.1) is 0 Å². The van der Waals surface area contributed by atoms with Crippen LogP contribution in [0, 0.1) is 0 Å². The SMILES string of the molecule is C[C@@H]1CCN([C@H](Cc2cccc3ccccc23)C(N)=O)C(=O)[C@H](c2cccc(Cl)c2)N1C(=O)CNC(=O)CCN. The smallest absolute Gasteiger partial charge is 0.250 e. The summed E-state index contributed by atoms with van der Waals surface area (Å²) < 4.78 is 0. The molecule has 3 aromatic carbocycles. The van der Waals surface area contributed by atoms with E-state index in [0.717, 1.165) is 16.3 Å². The van der Waals surface area contributed by atoms with Crippen LogP contribution in [0.15, 0.2) is 66.7 Å². The van der Waals surface area contributed by atoms with Crippen LogP contribution >= 0.6 is 11.6 Å². The van der Waals surface area contributed by atoms with E-state index in [1.807, 2.05) is 49.4 Å². The molecule has 40 heavy (non-hydrogen) atoms. The number of fused-ring (bicyclic) bond motifs is 1. The lowest BCUT2D eigenvalue weighted by Gasteiger charge is -2.36. The van der Waals surface area contributed by atoms with Gasteiger partial charge in [0.2, 0.25) is 17.7 Å². The fourth-order valence-electron chi connectivity index (χ4n) is 5.31. The van der Waals surface area contributed by atoms with Gasteiger partial charge in [-0.05, 0) is 47.4 Å². The van der Waals surface area contributed by atoms with Crippen molar-refractivity contribution in [2.45, 2.75) is 44.3 Å². The van der Waals surface area contributed by atoms with Crippen molar-refractivity contribution in [1.82, 2.24) is 15.1 Å². The molecule has 0 saturated carbocycles. The summed E-state index contributed by atoms with van der Waals surface area (Å²) in [5, 5.41) is 4.98. The van der Waals surface area contributed by atoms with E-state index in [9.17, 15) is 19.2 Å². The van der Waals surface area contributed by atoms with Crippen LogP contribution in [0.2, 0.25) is 5.02 Å². The fraction of sp³-hybridized carbons (Fsp3) is 0.333. The molecule has 1 aliphatic rings. The molecule has 4 rings (SSSR count). The van der Waals surface area contributed by atoms with Crippen LogP contribution < -0.4 is 16.8 Å². The van der Waals surface area contributed by atoms with Crippen LogP contribution in [0.1, 0.15) is 36.9 Å². The molecule has 3 aromatic rings. The average molecular weight is 564 g/mol. The lowest BCUT2D eigenvalue weighted by Crippen LogP contribution is -2.53. The summed E-state index contributed by atoms with van der Waals surface area (Å²) in [6.45, 7) is 1.93. The van der Waals surface area contributed by atoms with Gasteiger partial charge in [0.05, 0.1) is 6.54 Å². The number of carbonyl (C=O) groups excluding carboxylic acids is 4. The van der Waals surface area contributed by atoms with Gasteiger partial charge in [0.15, 0.2) is 0 Å². The minimum Gasteiger partial charge on any atom is -0.368 e. The highest BCUT2D eigenvalue weighted by Crippen LogP contribution is 2.33. The molecule has 3 atom stereocenters. The van der Waals surface area contributed by atoms with E-state index in [4.69, 9.17) is 23.1 Å². The predicted molar refractivity (Wildman–Crippen MR) is 154 cm³/mol. The average Bonchev–Trinajstić information content (AvgIpc) is 3.06. The first-order valence-corrected chi connectivity index (χ1v) is 13.7. The summed E-state index contributed by atoms with van der Waals surface area (Å²) in [6, 6.07) is 18.0. The molecule has 1 heterocycles. The van der Waals surface area contributed by atoms with Gasteiger partial charge in [0.1, 0.15) is 12.1 Å². The number of hydrogen-bond donors (Lipinski definition) is 3. The van der Waals surface area contributed by atoms with Crippen LogP contribution in [0.4, 0.5) is 0 Å². The Hall–Kier alpha value is -3.95. The number of carbonyl (C=O) groups is 4. The lowest BCUT2D eigenvalue weighted by atomic mass is 9.96. The number of primary amides is 1. The first-order valence-electron chi connectivity index (χ1n) is 13.3. The third-order valence-corrected chi connectivity index (χ3v) is 7.55. The number of rotatable bonds is 9. The first kappa shape index (κ1) is 29.0. The van der Waals surface area contributed by atoms with E-state index in [0.29, 0.717) is 17.0 Å². The van der Waals surface area contributed by atoms with Gasteiger partial charge in [-0.2, -0.15) is 0 Å². The maximum Gasteiger partial charge on any atom is 0.250 e. The standard InChI is InChI=1S/C30H34ClN5O4/c1-19-13-15-35(25(29(33)39)17-21-8-4-7-20-6-2-3-11-24(20)21)30(40)28(22-9-5-10-23(31)16-22)36(19)27(38)18-34-26(37)12-14-32/h2-11,16,19,25,28H,12-15,17-18,32H2,1H3,(H2,33,39)(H,34,37)/t19-,25-,28+/m1/s1. The molecule has 210 valence electrons. The summed E-state index contributed by atoms with van der Waals surface area (Å²) in [6.07, 6.45) is 0.717. The van der Waals surface area contributed by atoms with E-state index < -0.39 is 29.8 Å². The van der Waals surface area contributed by atoms with Crippen molar-refractivity contribution in [3.63, 3.8) is 0 Å². The van der Waals surface area contributed by atoms with Gasteiger partial charge < -0.3 is 26.6 Å². The molecule has 5 N–H and O–H groups in total. The summed E-state index contributed by atoms with van der Waals surface area (Å²) in [7, 11) is 0. The monoisotopic (exact) mass is 563 g/mol. The quantitative estimate of drug-likeness (QED) is 0.367. The van der Waals surface area contributed by atoms with Crippen molar-refractivity contribution in [2.75, 3.05) is 19.6 Å². The Morgan fingerprint density at radius 2 is 1.80 bits per heavy atom. The van der Waals surface area contributed by atoms with E-state index in [-0.39, 0.29) is 44.4 Å². The summed E-state index contributed by atoms with van der Waals surface area (Å²) in [4.78, 5) is 55.7. The molecule has 0 unspecified atom stereocenters. The molecule has 9 nitrogen and oxygen atoms in total. The number of benzene rings is 3. The predicted octanol–water partition coefficient (Wildman–Crippen LogP) is 2.55. The summed E-state index contributed by atoms with van der Waals surface area (Å²) in [5.41, 5.74) is 12.8. The number of amides is 4. The largest absolute Gasteiger partial charge is 0.368 e. The van der Waals surface area contributed by atoms with Gasteiger partial charge in [0, 0.05) is 37.0 Å². The maximum atomic E-state index is 14.3. The number of halogens is 1. The van der Waals surface area contributed by atoms with E-state index in [1.54, 1.807) is 24.3 Å². The zero-order valence-corrected chi connectivity index (χ0v) is 23.1. The summed E-state index contributed by atoms with van der Waals surface area (Å²) >= 11 is 6.29. The number of hydrogen-bond acceptors (Lipinski definition) is 5. The highest BCUT2D eigenvalue weighted by molar-refractivity contribution is 6.30. The highest BCUT2D eigenvalue weighted by atomic mass is 35.5. The first-order chi connectivity index (χ1) is 19.2. The molecular weight excluding hydrogens is 530 g/mol. The highest BCUT2D eigenvalue weighted by Gasteiger charge is 2.43. The molecule has 0 spiro atoms. The Kier molecular flexibility index (Phi) is 9.39. The number of nitrogens with two attached hydrogens (primary N) is 2. The van der Waals surface area contributed by atoms with Gasteiger partial charge in [-0.25, -0.2) is 0 Å². The molecule has 0 aromatic heterocycles. The molecule has 10 heteroatoms. The van der Waals surface area contributed by atoms with Crippen LogP contribution in [0.25, 0.3) is 10.8 Å². The lowest BCUT2D eigenvalue weighted by molar-refractivity contribution is -0.148. The normalized spacial score (nSPS) is 18.3.